The predicted octanol–water partition coefficient (Wildman–Crippen LogP) is 4.67. The minimum absolute atomic E-state index is 0.180. The molecule has 8 nitrogen and oxygen atoms in total. The highest BCUT2D eigenvalue weighted by atomic mass is 16.7. The summed E-state index contributed by atoms with van der Waals surface area (Å²) in [5, 5.41) is 14.2. The Bertz CT molecular complexity index is 1060. The molecule has 0 atom stereocenters. The summed E-state index contributed by atoms with van der Waals surface area (Å²) >= 11 is 0. The van der Waals surface area contributed by atoms with E-state index < -0.39 is 11.8 Å². The number of rotatable bonds is 12. The van der Waals surface area contributed by atoms with Gasteiger partial charge in [0.05, 0.1) is 17.8 Å². The van der Waals surface area contributed by atoms with Crippen LogP contribution in [0.4, 0.5) is 0 Å². The number of carboxylic acid groups (broad SMARTS) is 1. The Labute approximate surface area is 194 Å². The SMILES string of the molecule is CCCCc1nc(C(CCC)(OC)OC)nn1Cc1ccc(-c2ncccc2C(=O)O)cc1. The van der Waals surface area contributed by atoms with Crippen molar-refractivity contribution in [3.63, 3.8) is 0 Å². The summed E-state index contributed by atoms with van der Waals surface area (Å²) in [5.74, 6) is -0.526. The van der Waals surface area contributed by atoms with E-state index in [2.05, 4.69) is 18.8 Å². The summed E-state index contributed by atoms with van der Waals surface area (Å²) in [6.07, 6.45) is 6.00. The van der Waals surface area contributed by atoms with Crippen molar-refractivity contribution in [2.45, 2.75) is 58.3 Å². The van der Waals surface area contributed by atoms with Crippen molar-refractivity contribution in [3.05, 3.63) is 65.4 Å². The van der Waals surface area contributed by atoms with Gasteiger partial charge in [0.2, 0.25) is 11.6 Å². The highest BCUT2D eigenvalue weighted by molar-refractivity contribution is 5.94. The highest BCUT2D eigenvalue weighted by Gasteiger charge is 2.36. The van der Waals surface area contributed by atoms with Crippen LogP contribution in [-0.2, 0) is 28.2 Å². The minimum Gasteiger partial charge on any atom is -0.478 e. The van der Waals surface area contributed by atoms with Crippen LogP contribution in [0.15, 0.2) is 42.6 Å². The van der Waals surface area contributed by atoms with E-state index in [4.69, 9.17) is 19.6 Å². The highest BCUT2D eigenvalue weighted by Crippen LogP contribution is 2.29. The van der Waals surface area contributed by atoms with Crippen LogP contribution in [0.1, 0.15) is 67.1 Å². The van der Waals surface area contributed by atoms with Crippen LogP contribution in [0.5, 0.6) is 0 Å². The summed E-state index contributed by atoms with van der Waals surface area (Å²) in [7, 11) is 3.24. The Kier molecular flexibility index (Phi) is 8.30. The van der Waals surface area contributed by atoms with Gasteiger partial charge >= 0.3 is 5.97 Å². The van der Waals surface area contributed by atoms with Crippen molar-refractivity contribution >= 4 is 5.97 Å². The number of aromatic nitrogens is 4. The number of unbranched alkanes of at least 4 members (excludes halogenated alkanes) is 1. The first-order valence-electron chi connectivity index (χ1n) is 11.3. The van der Waals surface area contributed by atoms with Crippen LogP contribution in [0, 0.1) is 0 Å². The van der Waals surface area contributed by atoms with Crippen LogP contribution in [0.3, 0.4) is 0 Å². The summed E-state index contributed by atoms with van der Waals surface area (Å²) in [6.45, 7) is 4.76. The second kappa shape index (κ2) is 11.2. The molecule has 0 aliphatic heterocycles. The zero-order chi connectivity index (χ0) is 23.8. The third kappa shape index (κ3) is 5.46. The van der Waals surface area contributed by atoms with Gasteiger partial charge in [-0.25, -0.2) is 14.5 Å². The van der Waals surface area contributed by atoms with E-state index in [0.717, 1.165) is 42.6 Å². The van der Waals surface area contributed by atoms with Gasteiger partial charge in [0.25, 0.3) is 0 Å². The molecule has 0 spiro atoms. The summed E-state index contributed by atoms with van der Waals surface area (Å²) in [4.78, 5) is 20.6. The topological polar surface area (TPSA) is 99.4 Å². The Morgan fingerprint density at radius 2 is 1.82 bits per heavy atom. The third-order valence-electron chi connectivity index (χ3n) is 5.68. The molecule has 2 aromatic heterocycles. The molecule has 0 amide bonds. The van der Waals surface area contributed by atoms with Gasteiger partial charge in [0.1, 0.15) is 5.82 Å². The zero-order valence-electron chi connectivity index (χ0n) is 19.7. The van der Waals surface area contributed by atoms with E-state index in [1.807, 2.05) is 28.9 Å². The molecule has 1 N–H and O–H groups in total. The Morgan fingerprint density at radius 3 is 2.42 bits per heavy atom. The lowest BCUT2D eigenvalue weighted by atomic mass is 10.0. The quantitative estimate of drug-likeness (QED) is 0.399. The number of nitrogens with zero attached hydrogens (tertiary/aromatic N) is 4. The number of aryl methyl sites for hydroxylation is 1. The molecule has 0 aliphatic rings. The molecule has 3 aromatic rings. The number of hydrogen-bond acceptors (Lipinski definition) is 6. The number of methoxy groups -OCH3 is 2. The van der Waals surface area contributed by atoms with E-state index in [0.29, 0.717) is 24.5 Å². The van der Waals surface area contributed by atoms with Gasteiger partial charge in [-0.1, -0.05) is 51.0 Å². The Morgan fingerprint density at radius 1 is 1.09 bits per heavy atom. The number of benzene rings is 1. The molecule has 0 bridgehead atoms. The fraction of sp³-hybridized carbons (Fsp3) is 0.440. The van der Waals surface area contributed by atoms with Crippen LogP contribution < -0.4 is 0 Å². The van der Waals surface area contributed by atoms with Gasteiger partial charge in [-0.3, -0.25) is 4.98 Å². The van der Waals surface area contributed by atoms with Crippen molar-refractivity contribution in [1.82, 2.24) is 19.7 Å². The number of hydrogen-bond donors (Lipinski definition) is 1. The van der Waals surface area contributed by atoms with Crippen LogP contribution in [0.2, 0.25) is 0 Å². The minimum atomic E-state index is -0.996. The maximum Gasteiger partial charge on any atom is 0.337 e. The second-order valence-electron chi connectivity index (χ2n) is 7.93. The molecule has 0 radical (unpaired) electrons. The van der Waals surface area contributed by atoms with Crippen LogP contribution in [0.25, 0.3) is 11.3 Å². The first-order chi connectivity index (χ1) is 16.0. The van der Waals surface area contributed by atoms with Gasteiger partial charge in [0, 0.05) is 38.8 Å². The van der Waals surface area contributed by atoms with Crippen molar-refractivity contribution < 1.29 is 19.4 Å². The molecule has 3 rings (SSSR count). The molecule has 33 heavy (non-hydrogen) atoms. The summed E-state index contributed by atoms with van der Waals surface area (Å²) in [5.41, 5.74) is 2.41. The lowest BCUT2D eigenvalue weighted by molar-refractivity contribution is -0.225. The molecule has 0 fully saturated rings. The monoisotopic (exact) mass is 452 g/mol. The smallest absolute Gasteiger partial charge is 0.337 e. The molecule has 0 saturated carbocycles. The average molecular weight is 453 g/mol. The number of aromatic carboxylic acids is 1. The molecule has 8 heteroatoms. The van der Waals surface area contributed by atoms with Gasteiger partial charge in [-0.05, 0) is 24.1 Å². The molecule has 0 aliphatic carbocycles. The number of carboxylic acids is 1. The van der Waals surface area contributed by atoms with Gasteiger partial charge in [-0.2, -0.15) is 0 Å². The normalized spacial score (nSPS) is 11.6. The first-order valence-corrected chi connectivity index (χ1v) is 11.3. The molecule has 0 unspecified atom stereocenters. The first kappa shape index (κ1) is 24.5. The molecule has 176 valence electrons. The largest absolute Gasteiger partial charge is 0.478 e. The number of carbonyl (C=O) groups is 1. The maximum atomic E-state index is 11.5. The van der Waals surface area contributed by atoms with Crippen molar-refractivity contribution in [1.29, 1.82) is 0 Å². The predicted molar refractivity (Wildman–Crippen MR) is 125 cm³/mol. The van der Waals surface area contributed by atoms with Crippen molar-refractivity contribution in [2.24, 2.45) is 0 Å². The zero-order valence-corrected chi connectivity index (χ0v) is 19.7. The molecule has 2 heterocycles. The molecular formula is C25H32N4O4. The fourth-order valence-corrected chi connectivity index (χ4v) is 3.84. The van der Waals surface area contributed by atoms with E-state index >= 15 is 0 Å². The molecular weight excluding hydrogens is 420 g/mol. The standard InChI is InChI=1S/C25H32N4O4/c1-5-7-10-21-27-24(25(32-3,33-4)15-6-2)28-29(21)17-18-11-13-19(14-12-18)22-20(23(30)31)9-8-16-26-22/h8-9,11-14,16H,5-7,10,15,17H2,1-4H3,(H,30,31). The van der Waals surface area contributed by atoms with E-state index in [1.54, 1.807) is 32.5 Å². The lowest BCUT2D eigenvalue weighted by Crippen LogP contribution is -2.32. The summed E-state index contributed by atoms with van der Waals surface area (Å²) in [6, 6.07) is 10.9. The van der Waals surface area contributed by atoms with E-state index in [-0.39, 0.29) is 5.56 Å². The maximum absolute atomic E-state index is 11.5. The molecule has 0 saturated heterocycles. The van der Waals surface area contributed by atoms with Crippen LogP contribution >= 0.6 is 0 Å². The van der Waals surface area contributed by atoms with Gasteiger partial charge in [-0.15, -0.1) is 5.10 Å². The number of ether oxygens (including phenoxy) is 2. The van der Waals surface area contributed by atoms with Crippen LogP contribution in [-0.4, -0.2) is 45.0 Å². The second-order valence-corrected chi connectivity index (χ2v) is 7.93. The third-order valence-corrected chi connectivity index (χ3v) is 5.68. The van der Waals surface area contributed by atoms with Crippen molar-refractivity contribution in [2.75, 3.05) is 14.2 Å². The average Bonchev–Trinajstić information content (AvgIpc) is 3.24. The van der Waals surface area contributed by atoms with Gasteiger partial charge in [0.15, 0.2) is 0 Å². The van der Waals surface area contributed by atoms with E-state index in [1.165, 1.54) is 0 Å². The van der Waals surface area contributed by atoms with Crippen molar-refractivity contribution in [3.8, 4) is 11.3 Å². The van der Waals surface area contributed by atoms with Gasteiger partial charge < -0.3 is 14.6 Å². The lowest BCUT2D eigenvalue weighted by Gasteiger charge is -2.27. The summed E-state index contributed by atoms with van der Waals surface area (Å²) < 4.78 is 13.3. The van der Waals surface area contributed by atoms with E-state index in [9.17, 15) is 9.90 Å². The fourth-order valence-electron chi connectivity index (χ4n) is 3.84. The molecule has 1 aromatic carbocycles. The Balaban J connectivity index is 1.91. The Hall–Kier alpha value is -3.10. The number of pyridine rings is 1.